The van der Waals surface area contributed by atoms with Crippen LogP contribution >= 0.6 is 11.6 Å². The Balaban J connectivity index is 3.17. The number of carbonyl (C=O) groups is 1. The van der Waals surface area contributed by atoms with Gasteiger partial charge < -0.3 is 4.74 Å². The van der Waals surface area contributed by atoms with Gasteiger partial charge in [-0.3, -0.25) is 9.78 Å². The second-order valence-corrected chi connectivity index (χ2v) is 3.15. The topological polar surface area (TPSA) is 39.2 Å². The number of ether oxygens (including phenoxy) is 1. The molecule has 4 heteroatoms. The molecule has 70 valence electrons. The van der Waals surface area contributed by atoms with E-state index in [1.54, 1.807) is 20.0 Å². The number of hydrogen-bond donors (Lipinski definition) is 0. The van der Waals surface area contributed by atoms with Crippen molar-refractivity contribution in [2.24, 2.45) is 0 Å². The van der Waals surface area contributed by atoms with Crippen LogP contribution in [0.1, 0.15) is 18.2 Å². The van der Waals surface area contributed by atoms with Gasteiger partial charge in [0, 0.05) is 18.7 Å². The number of nitrogens with zero attached hydrogens (tertiary/aromatic N) is 1. The Hall–Kier alpha value is -1.09. The van der Waals surface area contributed by atoms with E-state index in [-0.39, 0.29) is 5.97 Å². The minimum absolute atomic E-state index is 0.365. The summed E-state index contributed by atoms with van der Waals surface area (Å²) in [7, 11) is 0. The minimum Gasteiger partial charge on any atom is -0.424 e. The molecule has 0 aliphatic carbocycles. The summed E-state index contributed by atoms with van der Waals surface area (Å²) in [5, 5.41) is 0.502. The fourth-order valence-corrected chi connectivity index (χ4v) is 1.12. The summed E-state index contributed by atoms with van der Waals surface area (Å²) in [6, 6.07) is 0. The molecule has 0 unspecified atom stereocenters. The van der Waals surface area contributed by atoms with E-state index in [2.05, 4.69) is 4.98 Å². The zero-order chi connectivity index (χ0) is 10.0. The summed E-state index contributed by atoms with van der Waals surface area (Å²) in [5.41, 5.74) is 1.40. The number of pyridine rings is 1. The number of hydrogen-bond acceptors (Lipinski definition) is 3. The van der Waals surface area contributed by atoms with Crippen molar-refractivity contribution in [3.63, 3.8) is 0 Å². The summed E-state index contributed by atoms with van der Waals surface area (Å²) >= 11 is 5.82. The first-order valence-electron chi connectivity index (χ1n) is 3.82. The second-order valence-electron chi connectivity index (χ2n) is 2.74. The third kappa shape index (κ3) is 2.18. The van der Waals surface area contributed by atoms with Crippen molar-refractivity contribution < 1.29 is 9.53 Å². The van der Waals surface area contributed by atoms with E-state index in [0.717, 1.165) is 5.56 Å². The molecule has 0 atom stereocenters. The summed E-state index contributed by atoms with van der Waals surface area (Å²) in [5.74, 6) is 0.0928. The standard InChI is InChI=1S/C9H10ClNO2/c1-5-8(10)4-11-6(2)9(5)13-7(3)12/h4H,1-3H3. The fraction of sp³-hybridized carbons (Fsp3) is 0.333. The van der Waals surface area contributed by atoms with Crippen molar-refractivity contribution in [2.45, 2.75) is 20.8 Å². The van der Waals surface area contributed by atoms with Gasteiger partial charge in [0.1, 0.15) is 0 Å². The van der Waals surface area contributed by atoms with Gasteiger partial charge in [0.05, 0.1) is 10.7 Å². The predicted octanol–water partition coefficient (Wildman–Crippen LogP) is 2.28. The molecule has 0 aliphatic heterocycles. The first-order chi connectivity index (χ1) is 6.02. The van der Waals surface area contributed by atoms with E-state index in [9.17, 15) is 4.79 Å². The van der Waals surface area contributed by atoms with Crippen molar-refractivity contribution in [2.75, 3.05) is 0 Å². The highest BCUT2D eigenvalue weighted by molar-refractivity contribution is 6.31. The number of halogens is 1. The molecule has 0 aromatic carbocycles. The van der Waals surface area contributed by atoms with Gasteiger partial charge >= 0.3 is 5.97 Å². The smallest absolute Gasteiger partial charge is 0.308 e. The highest BCUT2D eigenvalue weighted by Gasteiger charge is 2.10. The Kier molecular flexibility index (Phi) is 2.88. The number of aromatic nitrogens is 1. The van der Waals surface area contributed by atoms with Crippen LogP contribution in [0.4, 0.5) is 0 Å². The Bertz CT molecular complexity index is 350. The Morgan fingerprint density at radius 2 is 2.15 bits per heavy atom. The molecule has 3 nitrogen and oxygen atoms in total. The van der Waals surface area contributed by atoms with Crippen molar-refractivity contribution in [1.82, 2.24) is 4.98 Å². The molecule has 13 heavy (non-hydrogen) atoms. The van der Waals surface area contributed by atoms with Gasteiger partial charge in [0.15, 0.2) is 5.75 Å². The Labute approximate surface area is 81.7 Å². The minimum atomic E-state index is -0.365. The molecule has 0 aliphatic rings. The first-order valence-corrected chi connectivity index (χ1v) is 4.20. The predicted molar refractivity (Wildman–Crippen MR) is 50.0 cm³/mol. The molecular formula is C9H10ClNO2. The lowest BCUT2D eigenvalue weighted by Gasteiger charge is -2.08. The summed E-state index contributed by atoms with van der Waals surface area (Å²) in [6.07, 6.45) is 1.54. The highest BCUT2D eigenvalue weighted by atomic mass is 35.5. The van der Waals surface area contributed by atoms with Gasteiger partial charge in [-0.15, -0.1) is 0 Å². The second kappa shape index (κ2) is 3.75. The molecule has 0 spiro atoms. The van der Waals surface area contributed by atoms with Gasteiger partial charge in [-0.05, 0) is 13.8 Å². The lowest BCUT2D eigenvalue weighted by atomic mass is 10.2. The molecule has 0 saturated carbocycles. The maximum Gasteiger partial charge on any atom is 0.308 e. The number of rotatable bonds is 1. The van der Waals surface area contributed by atoms with Crippen molar-refractivity contribution >= 4 is 17.6 Å². The monoisotopic (exact) mass is 199 g/mol. The summed E-state index contributed by atoms with van der Waals surface area (Å²) in [4.78, 5) is 14.7. The molecule has 0 radical (unpaired) electrons. The third-order valence-corrected chi connectivity index (χ3v) is 2.03. The van der Waals surface area contributed by atoms with E-state index in [1.165, 1.54) is 6.92 Å². The van der Waals surface area contributed by atoms with Crippen LogP contribution in [-0.4, -0.2) is 11.0 Å². The van der Waals surface area contributed by atoms with Crippen LogP contribution in [0.3, 0.4) is 0 Å². The van der Waals surface area contributed by atoms with Crippen LogP contribution in [0.15, 0.2) is 6.20 Å². The summed E-state index contributed by atoms with van der Waals surface area (Å²) in [6.45, 7) is 4.90. The SMILES string of the molecule is CC(=O)Oc1c(C)ncc(Cl)c1C. The molecule has 1 rings (SSSR count). The van der Waals surface area contributed by atoms with Crippen LogP contribution in [-0.2, 0) is 4.79 Å². The average molecular weight is 200 g/mol. The summed E-state index contributed by atoms with van der Waals surface area (Å²) < 4.78 is 4.97. The average Bonchev–Trinajstić information content (AvgIpc) is 2.05. The van der Waals surface area contributed by atoms with E-state index in [0.29, 0.717) is 16.5 Å². The van der Waals surface area contributed by atoms with Gasteiger partial charge in [-0.25, -0.2) is 0 Å². The molecule has 1 aromatic rings. The molecular weight excluding hydrogens is 190 g/mol. The van der Waals surface area contributed by atoms with E-state index < -0.39 is 0 Å². The molecule has 0 N–H and O–H groups in total. The quantitative estimate of drug-likeness (QED) is 0.652. The number of aryl methyl sites for hydroxylation is 1. The van der Waals surface area contributed by atoms with Crippen LogP contribution < -0.4 is 4.74 Å². The van der Waals surface area contributed by atoms with Crippen LogP contribution in [0, 0.1) is 13.8 Å². The first kappa shape index (κ1) is 9.99. The molecule has 0 amide bonds. The van der Waals surface area contributed by atoms with E-state index >= 15 is 0 Å². The Morgan fingerprint density at radius 3 is 2.69 bits per heavy atom. The van der Waals surface area contributed by atoms with Gasteiger partial charge in [0.2, 0.25) is 0 Å². The van der Waals surface area contributed by atoms with Crippen LogP contribution in [0.25, 0.3) is 0 Å². The highest BCUT2D eigenvalue weighted by Crippen LogP contribution is 2.27. The largest absolute Gasteiger partial charge is 0.424 e. The lowest BCUT2D eigenvalue weighted by Crippen LogP contribution is -2.05. The zero-order valence-electron chi connectivity index (χ0n) is 7.72. The molecule has 1 heterocycles. The van der Waals surface area contributed by atoms with E-state index in [4.69, 9.17) is 16.3 Å². The van der Waals surface area contributed by atoms with Gasteiger partial charge in [0.25, 0.3) is 0 Å². The van der Waals surface area contributed by atoms with Gasteiger partial charge in [-0.1, -0.05) is 11.6 Å². The number of esters is 1. The zero-order valence-corrected chi connectivity index (χ0v) is 8.47. The molecule has 0 saturated heterocycles. The fourth-order valence-electron chi connectivity index (χ4n) is 0.983. The van der Waals surface area contributed by atoms with Crippen LogP contribution in [0.2, 0.25) is 5.02 Å². The van der Waals surface area contributed by atoms with Gasteiger partial charge in [-0.2, -0.15) is 0 Å². The lowest BCUT2D eigenvalue weighted by molar-refractivity contribution is -0.132. The normalized spacial score (nSPS) is 9.85. The van der Waals surface area contributed by atoms with E-state index in [1.807, 2.05) is 0 Å². The molecule has 0 bridgehead atoms. The van der Waals surface area contributed by atoms with Crippen molar-refractivity contribution in [3.05, 3.63) is 22.5 Å². The molecule has 0 fully saturated rings. The Morgan fingerprint density at radius 1 is 1.54 bits per heavy atom. The maximum atomic E-state index is 10.7. The molecule has 1 aromatic heterocycles. The third-order valence-electron chi connectivity index (χ3n) is 1.64. The van der Waals surface area contributed by atoms with Crippen molar-refractivity contribution in [3.8, 4) is 5.75 Å². The van der Waals surface area contributed by atoms with Crippen LogP contribution in [0.5, 0.6) is 5.75 Å². The van der Waals surface area contributed by atoms with Crippen molar-refractivity contribution in [1.29, 1.82) is 0 Å². The maximum absolute atomic E-state index is 10.7. The number of carbonyl (C=O) groups excluding carboxylic acids is 1.